The summed E-state index contributed by atoms with van der Waals surface area (Å²) < 4.78 is 5.40. The summed E-state index contributed by atoms with van der Waals surface area (Å²) in [5, 5.41) is 2.86. The fourth-order valence-corrected chi connectivity index (χ4v) is 1.48. The molecule has 0 spiro atoms. The Hall–Kier alpha value is -1.55. The molecule has 100 valence electrons. The average Bonchev–Trinajstić information content (AvgIpc) is 2.34. The van der Waals surface area contributed by atoms with Gasteiger partial charge >= 0.3 is 0 Å². The Morgan fingerprint density at radius 3 is 2.89 bits per heavy atom. The summed E-state index contributed by atoms with van der Waals surface area (Å²) in [5.74, 6) is 1.30. The van der Waals surface area contributed by atoms with Gasteiger partial charge in [-0.25, -0.2) is 0 Å². The van der Waals surface area contributed by atoms with Crippen LogP contribution in [0.25, 0.3) is 0 Å². The Labute approximate surface area is 109 Å². The van der Waals surface area contributed by atoms with Gasteiger partial charge in [0.05, 0.1) is 0 Å². The SMILES string of the molecule is CC(C)CCC(=O)Nc1cccc(OCCN)c1. The minimum absolute atomic E-state index is 0.0414. The molecule has 0 atom stereocenters. The van der Waals surface area contributed by atoms with Gasteiger partial charge in [-0.05, 0) is 24.5 Å². The second-order valence-corrected chi connectivity index (χ2v) is 4.65. The number of carbonyl (C=O) groups excluding carboxylic acids is 1. The first-order chi connectivity index (χ1) is 8.61. The molecule has 0 unspecified atom stereocenters. The molecule has 0 heterocycles. The number of carbonyl (C=O) groups is 1. The van der Waals surface area contributed by atoms with Gasteiger partial charge in [0.25, 0.3) is 0 Å². The number of anilines is 1. The molecule has 0 aliphatic rings. The molecule has 0 saturated carbocycles. The first-order valence-electron chi connectivity index (χ1n) is 6.34. The van der Waals surface area contributed by atoms with Gasteiger partial charge in [-0.3, -0.25) is 4.79 Å². The number of rotatable bonds is 7. The van der Waals surface area contributed by atoms with E-state index in [-0.39, 0.29) is 5.91 Å². The van der Waals surface area contributed by atoms with Crippen molar-refractivity contribution in [3.05, 3.63) is 24.3 Å². The van der Waals surface area contributed by atoms with Crippen molar-refractivity contribution < 1.29 is 9.53 Å². The van der Waals surface area contributed by atoms with E-state index in [9.17, 15) is 4.79 Å². The molecule has 0 radical (unpaired) electrons. The Bertz CT molecular complexity index is 378. The molecule has 0 aliphatic carbocycles. The second-order valence-electron chi connectivity index (χ2n) is 4.65. The van der Waals surface area contributed by atoms with Crippen LogP contribution in [0.4, 0.5) is 5.69 Å². The summed E-state index contributed by atoms with van der Waals surface area (Å²) in [6, 6.07) is 7.36. The van der Waals surface area contributed by atoms with Crippen LogP contribution in [0.15, 0.2) is 24.3 Å². The van der Waals surface area contributed by atoms with Gasteiger partial charge in [0.2, 0.25) is 5.91 Å². The molecule has 1 rings (SSSR count). The van der Waals surface area contributed by atoms with E-state index in [1.54, 1.807) is 0 Å². The number of nitrogens with two attached hydrogens (primary N) is 1. The van der Waals surface area contributed by atoms with E-state index in [0.29, 0.717) is 25.5 Å². The summed E-state index contributed by atoms with van der Waals surface area (Å²) in [6.07, 6.45) is 1.45. The predicted octanol–water partition coefficient (Wildman–Crippen LogP) is 2.40. The highest BCUT2D eigenvalue weighted by Gasteiger charge is 2.04. The Morgan fingerprint density at radius 1 is 1.44 bits per heavy atom. The molecule has 0 saturated heterocycles. The topological polar surface area (TPSA) is 64.3 Å². The molecule has 0 bridgehead atoms. The molecular formula is C14H22N2O2. The maximum atomic E-state index is 11.7. The molecule has 4 nitrogen and oxygen atoms in total. The molecule has 0 fully saturated rings. The summed E-state index contributed by atoms with van der Waals surface area (Å²) in [5.41, 5.74) is 6.13. The third-order valence-corrected chi connectivity index (χ3v) is 2.45. The van der Waals surface area contributed by atoms with Crippen molar-refractivity contribution in [1.29, 1.82) is 0 Å². The van der Waals surface area contributed by atoms with Gasteiger partial charge in [0, 0.05) is 24.7 Å². The fraction of sp³-hybridized carbons (Fsp3) is 0.500. The summed E-state index contributed by atoms with van der Waals surface area (Å²) in [4.78, 5) is 11.7. The maximum Gasteiger partial charge on any atom is 0.224 e. The predicted molar refractivity (Wildman–Crippen MR) is 73.7 cm³/mol. The minimum Gasteiger partial charge on any atom is -0.492 e. The maximum absolute atomic E-state index is 11.7. The lowest BCUT2D eigenvalue weighted by Gasteiger charge is -2.09. The summed E-state index contributed by atoms with van der Waals surface area (Å²) in [6.45, 7) is 5.17. The Kier molecular flexibility index (Phi) is 6.22. The zero-order valence-corrected chi connectivity index (χ0v) is 11.1. The number of nitrogens with one attached hydrogen (secondary N) is 1. The standard InChI is InChI=1S/C14H22N2O2/c1-11(2)6-7-14(17)16-12-4-3-5-13(10-12)18-9-8-15/h3-5,10-11H,6-9,15H2,1-2H3,(H,16,17). The third kappa shape index (κ3) is 5.68. The molecule has 4 heteroatoms. The van der Waals surface area contributed by atoms with Crippen molar-refractivity contribution in [3.8, 4) is 5.75 Å². The lowest BCUT2D eigenvalue weighted by atomic mass is 10.1. The van der Waals surface area contributed by atoms with E-state index in [2.05, 4.69) is 19.2 Å². The van der Waals surface area contributed by atoms with Gasteiger partial charge in [-0.1, -0.05) is 19.9 Å². The lowest BCUT2D eigenvalue weighted by molar-refractivity contribution is -0.116. The minimum atomic E-state index is 0.0414. The summed E-state index contributed by atoms with van der Waals surface area (Å²) in [7, 11) is 0. The van der Waals surface area contributed by atoms with E-state index in [1.165, 1.54) is 0 Å². The van der Waals surface area contributed by atoms with Crippen molar-refractivity contribution in [2.45, 2.75) is 26.7 Å². The van der Waals surface area contributed by atoms with E-state index < -0.39 is 0 Å². The van der Waals surface area contributed by atoms with Crippen molar-refractivity contribution >= 4 is 11.6 Å². The van der Waals surface area contributed by atoms with Gasteiger partial charge < -0.3 is 15.8 Å². The van der Waals surface area contributed by atoms with Crippen LogP contribution in [0.2, 0.25) is 0 Å². The molecular weight excluding hydrogens is 228 g/mol. The van der Waals surface area contributed by atoms with Crippen LogP contribution >= 0.6 is 0 Å². The van der Waals surface area contributed by atoms with Crippen LogP contribution in [0.1, 0.15) is 26.7 Å². The van der Waals surface area contributed by atoms with Crippen LogP contribution in [0, 0.1) is 5.92 Å². The highest BCUT2D eigenvalue weighted by Crippen LogP contribution is 2.17. The van der Waals surface area contributed by atoms with Crippen molar-refractivity contribution in [1.82, 2.24) is 0 Å². The van der Waals surface area contributed by atoms with Crippen LogP contribution < -0.4 is 15.8 Å². The zero-order chi connectivity index (χ0) is 13.4. The average molecular weight is 250 g/mol. The number of benzene rings is 1. The molecule has 3 N–H and O–H groups in total. The molecule has 1 aromatic rings. The fourth-order valence-electron chi connectivity index (χ4n) is 1.48. The largest absolute Gasteiger partial charge is 0.492 e. The molecule has 1 aromatic carbocycles. The quantitative estimate of drug-likeness (QED) is 0.781. The Morgan fingerprint density at radius 2 is 2.22 bits per heavy atom. The lowest BCUT2D eigenvalue weighted by Crippen LogP contribution is -2.13. The van der Waals surface area contributed by atoms with Gasteiger partial charge in [-0.15, -0.1) is 0 Å². The highest BCUT2D eigenvalue weighted by molar-refractivity contribution is 5.90. The Balaban J connectivity index is 2.48. The molecule has 1 amide bonds. The number of hydrogen-bond donors (Lipinski definition) is 2. The van der Waals surface area contributed by atoms with E-state index in [0.717, 1.165) is 17.9 Å². The second kappa shape index (κ2) is 7.71. The summed E-state index contributed by atoms with van der Waals surface area (Å²) >= 11 is 0. The van der Waals surface area contributed by atoms with Crippen LogP contribution in [0.5, 0.6) is 5.75 Å². The first kappa shape index (κ1) is 14.5. The van der Waals surface area contributed by atoms with Crippen LogP contribution in [-0.4, -0.2) is 19.1 Å². The van der Waals surface area contributed by atoms with Crippen molar-refractivity contribution in [2.24, 2.45) is 11.7 Å². The van der Waals surface area contributed by atoms with E-state index in [1.807, 2.05) is 24.3 Å². The highest BCUT2D eigenvalue weighted by atomic mass is 16.5. The molecule has 18 heavy (non-hydrogen) atoms. The number of amides is 1. The smallest absolute Gasteiger partial charge is 0.224 e. The molecule has 0 aromatic heterocycles. The zero-order valence-electron chi connectivity index (χ0n) is 11.1. The van der Waals surface area contributed by atoms with Gasteiger partial charge in [0.15, 0.2) is 0 Å². The van der Waals surface area contributed by atoms with Gasteiger partial charge in [0.1, 0.15) is 12.4 Å². The number of ether oxygens (including phenoxy) is 1. The van der Waals surface area contributed by atoms with Crippen molar-refractivity contribution in [3.63, 3.8) is 0 Å². The van der Waals surface area contributed by atoms with E-state index >= 15 is 0 Å². The van der Waals surface area contributed by atoms with Gasteiger partial charge in [-0.2, -0.15) is 0 Å². The monoisotopic (exact) mass is 250 g/mol. The first-order valence-corrected chi connectivity index (χ1v) is 6.34. The number of hydrogen-bond acceptors (Lipinski definition) is 3. The third-order valence-electron chi connectivity index (χ3n) is 2.45. The van der Waals surface area contributed by atoms with Crippen molar-refractivity contribution in [2.75, 3.05) is 18.5 Å². The molecule has 0 aliphatic heterocycles. The van der Waals surface area contributed by atoms with Crippen LogP contribution in [-0.2, 0) is 4.79 Å². The van der Waals surface area contributed by atoms with E-state index in [4.69, 9.17) is 10.5 Å². The van der Waals surface area contributed by atoms with Crippen LogP contribution in [0.3, 0.4) is 0 Å². The normalized spacial score (nSPS) is 10.4.